The van der Waals surface area contributed by atoms with E-state index in [1.54, 1.807) is 0 Å². The van der Waals surface area contributed by atoms with E-state index >= 15 is 0 Å². The van der Waals surface area contributed by atoms with Gasteiger partial charge in [-0.25, -0.2) is 13.8 Å². The highest BCUT2D eigenvalue weighted by atomic mass is 35.5. The van der Waals surface area contributed by atoms with Crippen LogP contribution < -0.4 is 0 Å². The third-order valence-corrected chi connectivity index (χ3v) is 2.88. The van der Waals surface area contributed by atoms with E-state index in [1.165, 1.54) is 13.0 Å². The van der Waals surface area contributed by atoms with Crippen LogP contribution in [-0.4, -0.2) is 9.91 Å². The van der Waals surface area contributed by atoms with Crippen molar-refractivity contribution in [3.8, 4) is 11.3 Å². The Morgan fingerprint density at radius 1 is 1.26 bits per heavy atom. The van der Waals surface area contributed by atoms with Gasteiger partial charge in [0.05, 0.1) is 10.6 Å². The minimum absolute atomic E-state index is 0.100. The van der Waals surface area contributed by atoms with Gasteiger partial charge in [-0.15, -0.1) is 0 Å². The fraction of sp³-hybridized carbons (Fsp3) is 0.0833. The van der Waals surface area contributed by atoms with Crippen LogP contribution in [0, 0.1) is 28.7 Å². The van der Waals surface area contributed by atoms with E-state index in [0.717, 1.165) is 18.2 Å². The van der Waals surface area contributed by atoms with Crippen LogP contribution in [0.25, 0.3) is 11.3 Å². The van der Waals surface area contributed by atoms with Gasteiger partial charge in [0.25, 0.3) is 0 Å². The zero-order valence-corrected chi connectivity index (χ0v) is 10.4. The van der Waals surface area contributed by atoms with E-state index < -0.39 is 16.6 Å². The number of nitrogens with zero attached hydrogens (tertiary/aromatic N) is 2. The SMILES string of the molecule is Cc1c(F)cc(-c2ccc([N+](=O)[O-])c(Cl)n2)cc1F. The number of benzene rings is 1. The van der Waals surface area contributed by atoms with Crippen LogP contribution in [0.15, 0.2) is 24.3 Å². The maximum atomic E-state index is 13.4. The van der Waals surface area contributed by atoms with Crippen molar-refractivity contribution in [1.29, 1.82) is 0 Å². The Labute approximate surface area is 111 Å². The first-order valence-corrected chi connectivity index (χ1v) is 5.55. The van der Waals surface area contributed by atoms with Crippen molar-refractivity contribution in [2.24, 2.45) is 0 Å². The van der Waals surface area contributed by atoms with Crippen molar-refractivity contribution in [3.63, 3.8) is 0 Å². The Hall–Kier alpha value is -2.08. The highest BCUT2D eigenvalue weighted by Gasteiger charge is 2.16. The second-order valence-electron chi connectivity index (χ2n) is 3.83. The normalized spacial score (nSPS) is 10.5. The van der Waals surface area contributed by atoms with E-state index in [1.807, 2.05) is 0 Å². The summed E-state index contributed by atoms with van der Waals surface area (Å²) >= 11 is 5.64. The molecule has 0 aliphatic heterocycles. The highest BCUT2D eigenvalue weighted by Crippen LogP contribution is 2.28. The zero-order valence-electron chi connectivity index (χ0n) is 9.65. The molecule has 0 bridgehead atoms. The van der Waals surface area contributed by atoms with E-state index in [2.05, 4.69) is 4.98 Å². The van der Waals surface area contributed by atoms with Gasteiger partial charge in [0, 0.05) is 17.2 Å². The molecule has 19 heavy (non-hydrogen) atoms. The molecule has 7 heteroatoms. The standard InChI is InChI=1S/C12H7ClF2N2O2/c1-6-8(14)4-7(5-9(6)15)10-2-3-11(17(18)19)12(13)16-10/h2-5H,1H3. The summed E-state index contributed by atoms with van der Waals surface area (Å²) in [5, 5.41) is 10.3. The first-order chi connectivity index (χ1) is 8.90. The topological polar surface area (TPSA) is 56.0 Å². The molecule has 4 nitrogen and oxygen atoms in total. The molecule has 0 atom stereocenters. The highest BCUT2D eigenvalue weighted by molar-refractivity contribution is 6.31. The van der Waals surface area contributed by atoms with E-state index in [-0.39, 0.29) is 27.7 Å². The Balaban J connectivity index is 2.54. The third kappa shape index (κ3) is 2.53. The molecular weight excluding hydrogens is 278 g/mol. The molecule has 0 aliphatic rings. The molecule has 0 unspecified atom stereocenters. The molecular formula is C12H7ClF2N2O2. The molecule has 0 spiro atoms. The summed E-state index contributed by atoms with van der Waals surface area (Å²) in [7, 11) is 0. The van der Waals surface area contributed by atoms with Crippen LogP contribution in [0.3, 0.4) is 0 Å². The average Bonchev–Trinajstić information content (AvgIpc) is 2.34. The summed E-state index contributed by atoms with van der Waals surface area (Å²) < 4.78 is 26.8. The number of rotatable bonds is 2. The van der Waals surface area contributed by atoms with Crippen molar-refractivity contribution < 1.29 is 13.7 Å². The maximum Gasteiger partial charge on any atom is 0.306 e. The molecule has 0 saturated carbocycles. The number of aromatic nitrogens is 1. The third-order valence-electron chi connectivity index (χ3n) is 2.60. The average molecular weight is 285 g/mol. The lowest BCUT2D eigenvalue weighted by atomic mass is 10.1. The Kier molecular flexibility index (Phi) is 3.44. The van der Waals surface area contributed by atoms with Crippen LogP contribution >= 0.6 is 11.6 Å². The molecule has 0 fully saturated rings. The van der Waals surface area contributed by atoms with Crippen molar-refractivity contribution in [1.82, 2.24) is 4.98 Å². The molecule has 2 aromatic rings. The quantitative estimate of drug-likeness (QED) is 0.477. The largest absolute Gasteiger partial charge is 0.306 e. The number of nitro groups is 1. The Morgan fingerprint density at radius 3 is 2.32 bits per heavy atom. The molecule has 0 saturated heterocycles. The van der Waals surface area contributed by atoms with E-state index in [4.69, 9.17) is 11.6 Å². The molecule has 0 N–H and O–H groups in total. The maximum absolute atomic E-state index is 13.4. The predicted octanol–water partition coefficient (Wildman–Crippen LogP) is 3.90. The van der Waals surface area contributed by atoms with Gasteiger partial charge in [-0.3, -0.25) is 10.1 Å². The summed E-state index contributed by atoms with van der Waals surface area (Å²) in [6, 6.07) is 4.62. The van der Waals surface area contributed by atoms with E-state index in [0.29, 0.717) is 0 Å². The Morgan fingerprint density at radius 2 is 1.84 bits per heavy atom. The summed E-state index contributed by atoms with van der Waals surface area (Å²) in [5.41, 5.74) is -0.138. The molecule has 2 rings (SSSR count). The minimum atomic E-state index is -0.716. The molecule has 1 heterocycles. The van der Waals surface area contributed by atoms with Crippen molar-refractivity contribution in [2.75, 3.05) is 0 Å². The van der Waals surface area contributed by atoms with Gasteiger partial charge in [0.2, 0.25) is 5.15 Å². The van der Waals surface area contributed by atoms with Crippen LogP contribution in [0.5, 0.6) is 0 Å². The van der Waals surface area contributed by atoms with Gasteiger partial charge in [0.15, 0.2) is 0 Å². The minimum Gasteiger partial charge on any atom is -0.258 e. The lowest BCUT2D eigenvalue weighted by molar-refractivity contribution is -0.385. The van der Waals surface area contributed by atoms with Crippen molar-refractivity contribution >= 4 is 17.3 Å². The summed E-state index contributed by atoms with van der Waals surface area (Å²) in [4.78, 5) is 13.7. The fourth-order valence-corrected chi connectivity index (χ4v) is 1.74. The number of hydrogen-bond donors (Lipinski definition) is 0. The van der Waals surface area contributed by atoms with E-state index in [9.17, 15) is 18.9 Å². The van der Waals surface area contributed by atoms with Crippen LogP contribution in [-0.2, 0) is 0 Å². The summed E-state index contributed by atoms with van der Waals surface area (Å²) in [5.74, 6) is -1.43. The number of pyridine rings is 1. The van der Waals surface area contributed by atoms with Crippen LogP contribution in [0.1, 0.15) is 5.56 Å². The summed E-state index contributed by atoms with van der Waals surface area (Å²) in [6.07, 6.45) is 0. The number of halogens is 3. The van der Waals surface area contributed by atoms with Gasteiger partial charge in [-0.1, -0.05) is 11.6 Å². The van der Waals surface area contributed by atoms with Gasteiger partial charge in [0.1, 0.15) is 11.6 Å². The second kappa shape index (κ2) is 4.89. The van der Waals surface area contributed by atoms with Crippen LogP contribution in [0.2, 0.25) is 5.15 Å². The lowest BCUT2D eigenvalue weighted by Gasteiger charge is -2.05. The van der Waals surface area contributed by atoms with Crippen molar-refractivity contribution in [2.45, 2.75) is 6.92 Å². The van der Waals surface area contributed by atoms with Crippen molar-refractivity contribution in [3.05, 3.63) is 56.7 Å². The molecule has 0 aliphatic carbocycles. The molecule has 0 radical (unpaired) electrons. The first kappa shape index (κ1) is 13.4. The fourth-order valence-electron chi connectivity index (χ4n) is 1.52. The lowest BCUT2D eigenvalue weighted by Crippen LogP contribution is -1.95. The predicted molar refractivity (Wildman–Crippen MR) is 66.0 cm³/mol. The first-order valence-electron chi connectivity index (χ1n) is 5.17. The van der Waals surface area contributed by atoms with Gasteiger partial charge in [-0.05, 0) is 25.1 Å². The van der Waals surface area contributed by atoms with Gasteiger partial charge < -0.3 is 0 Å². The number of hydrogen-bond acceptors (Lipinski definition) is 3. The monoisotopic (exact) mass is 284 g/mol. The smallest absolute Gasteiger partial charge is 0.258 e. The zero-order chi connectivity index (χ0) is 14.2. The molecule has 98 valence electrons. The molecule has 1 aromatic carbocycles. The molecule has 1 aromatic heterocycles. The second-order valence-corrected chi connectivity index (χ2v) is 4.19. The Bertz CT molecular complexity index is 654. The van der Waals surface area contributed by atoms with Gasteiger partial charge >= 0.3 is 5.69 Å². The van der Waals surface area contributed by atoms with Gasteiger partial charge in [-0.2, -0.15) is 0 Å². The summed E-state index contributed by atoms with van der Waals surface area (Å²) in [6.45, 7) is 1.31. The van der Waals surface area contributed by atoms with Crippen LogP contribution in [0.4, 0.5) is 14.5 Å². The molecule has 0 amide bonds.